The zero-order valence-corrected chi connectivity index (χ0v) is 28.4. The van der Waals surface area contributed by atoms with Gasteiger partial charge < -0.3 is 0 Å². The third-order valence-corrected chi connectivity index (χ3v) is 11.6. The van der Waals surface area contributed by atoms with Gasteiger partial charge in [-0.3, -0.25) is 0 Å². The van der Waals surface area contributed by atoms with E-state index in [-0.39, 0.29) is 0 Å². The van der Waals surface area contributed by atoms with E-state index in [0.717, 1.165) is 16.7 Å². The minimum Gasteiger partial charge on any atom is -0.208 e. The molecule has 10 rings (SSSR count). The monoisotopic (exact) mass is 673 g/mol. The first-order chi connectivity index (χ1) is 24.8. The number of thiophene rings is 2. The minimum atomic E-state index is 0.662. The van der Waals surface area contributed by atoms with Crippen molar-refractivity contribution in [2.24, 2.45) is 0 Å². The maximum absolute atomic E-state index is 5.23. The normalized spacial score (nSPS) is 11.6. The molecule has 10 aromatic rings. The molecule has 0 aliphatic rings. The summed E-state index contributed by atoms with van der Waals surface area (Å²) >= 11 is 3.62. The first kappa shape index (κ1) is 29.0. The van der Waals surface area contributed by atoms with Crippen molar-refractivity contribution in [3.63, 3.8) is 0 Å². The topological polar surface area (TPSA) is 38.7 Å². The smallest absolute Gasteiger partial charge is 0.164 e. The Morgan fingerprint density at radius 2 is 0.860 bits per heavy atom. The van der Waals surface area contributed by atoms with E-state index in [9.17, 15) is 0 Å². The molecule has 0 radical (unpaired) electrons. The summed E-state index contributed by atoms with van der Waals surface area (Å²) < 4.78 is 4.94. The molecule has 0 aliphatic carbocycles. The van der Waals surface area contributed by atoms with Crippen LogP contribution in [0.4, 0.5) is 0 Å². The third kappa shape index (κ3) is 4.90. The molecule has 234 valence electrons. The summed E-state index contributed by atoms with van der Waals surface area (Å²) in [5.41, 5.74) is 7.81. The SMILES string of the molecule is c1ccc(-c2ccc3sc4cccc(-c5nc(-c6ccccc6)nc(-c6ccc7c(c6)sc6cccc(-c8ccccc8)c67)n5)c4c3c2)cc1. The first-order valence-electron chi connectivity index (χ1n) is 16.6. The summed E-state index contributed by atoms with van der Waals surface area (Å²) in [6, 6.07) is 57.9. The van der Waals surface area contributed by atoms with E-state index in [0.29, 0.717) is 17.5 Å². The van der Waals surface area contributed by atoms with Gasteiger partial charge in [-0.25, -0.2) is 15.0 Å². The van der Waals surface area contributed by atoms with Gasteiger partial charge in [0.2, 0.25) is 0 Å². The van der Waals surface area contributed by atoms with Crippen molar-refractivity contribution < 1.29 is 0 Å². The van der Waals surface area contributed by atoms with Crippen molar-refractivity contribution >= 4 is 63.0 Å². The van der Waals surface area contributed by atoms with Crippen molar-refractivity contribution in [3.05, 3.63) is 164 Å². The van der Waals surface area contributed by atoms with Gasteiger partial charge in [0.15, 0.2) is 17.5 Å². The standard InChI is InChI=1S/C45H27N3S2/c1-4-12-28(13-5-1)31-23-25-37-36(26-31)42-35(19-11-21-39(42)49-37)45-47-43(30-16-8-3-9-17-30)46-44(48-45)32-22-24-34-40(27-32)50-38-20-10-18-33(41(34)38)29-14-6-2-7-15-29/h1-27H. The fourth-order valence-electron chi connectivity index (χ4n) is 6.99. The van der Waals surface area contributed by atoms with Crippen LogP contribution in [0.2, 0.25) is 0 Å². The second-order valence-electron chi connectivity index (χ2n) is 12.4. The van der Waals surface area contributed by atoms with Crippen LogP contribution in [-0.2, 0) is 0 Å². The average Bonchev–Trinajstić information content (AvgIpc) is 3.76. The van der Waals surface area contributed by atoms with E-state index in [1.54, 1.807) is 0 Å². The van der Waals surface area contributed by atoms with Gasteiger partial charge in [-0.1, -0.05) is 133 Å². The summed E-state index contributed by atoms with van der Waals surface area (Å²) in [6.07, 6.45) is 0. The summed E-state index contributed by atoms with van der Waals surface area (Å²) in [5, 5.41) is 4.92. The number of fused-ring (bicyclic) bond motifs is 6. The molecule has 3 heterocycles. The second kappa shape index (κ2) is 11.8. The number of nitrogens with zero attached hydrogens (tertiary/aromatic N) is 3. The van der Waals surface area contributed by atoms with Crippen LogP contribution in [0.3, 0.4) is 0 Å². The molecule has 0 saturated heterocycles. The van der Waals surface area contributed by atoms with E-state index in [4.69, 9.17) is 15.0 Å². The molecule has 7 aromatic carbocycles. The van der Waals surface area contributed by atoms with Crippen LogP contribution in [0.5, 0.6) is 0 Å². The van der Waals surface area contributed by atoms with E-state index in [1.165, 1.54) is 62.6 Å². The zero-order chi connectivity index (χ0) is 33.0. The molecule has 0 fully saturated rings. The molecule has 0 saturated carbocycles. The van der Waals surface area contributed by atoms with Crippen molar-refractivity contribution in [1.82, 2.24) is 15.0 Å². The molecule has 0 atom stereocenters. The molecular formula is C45H27N3S2. The Balaban J connectivity index is 1.17. The molecule has 0 bridgehead atoms. The highest BCUT2D eigenvalue weighted by molar-refractivity contribution is 7.26. The summed E-state index contributed by atoms with van der Waals surface area (Å²) in [6.45, 7) is 0. The van der Waals surface area contributed by atoms with Gasteiger partial charge in [0.25, 0.3) is 0 Å². The lowest BCUT2D eigenvalue weighted by Gasteiger charge is -2.10. The van der Waals surface area contributed by atoms with Gasteiger partial charge in [0, 0.05) is 57.0 Å². The Morgan fingerprint density at radius 1 is 0.300 bits per heavy atom. The molecule has 3 nitrogen and oxygen atoms in total. The molecule has 0 unspecified atom stereocenters. The second-order valence-corrected chi connectivity index (χ2v) is 14.6. The highest BCUT2D eigenvalue weighted by atomic mass is 32.1. The highest BCUT2D eigenvalue weighted by Crippen LogP contribution is 2.43. The van der Waals surface area contributed by atoms with Gasteiger partial charge in [0.1, 0.15) is 0 Å². The quantitative estimate of drug-likeness (QED) is 0.182. The predicted molar refractivity (Wildman–Crippen MR) is 213 cm³/mol. The van der Waals surface area contributed by atoms with E-state index in [2.05, 4.69) is 146 Å². The molecule has 0 amide bonds. The predicted octanol–water partition coefficient (Wildman–Crippen LogP) is 12.9. The van der Waals surface area contributed by atoms with Crippen LogP contribution >= 0.6 is 22.7 Å². The number of rotatable bonds is 5. The lowest BCUT2D eigenvalue weighted by atomic mass is 9.99. The van der Waals surface area contributed by atoms with Crippen molar-refractivity contribution in [2.45, 2.75) is 0 Å². The zero-order valence-electron chi connectivity index (χ0n) is 26.7. The van der Waals surface area contributed by atoms with Gasteiger partial charge >= 0.3 is 0 Å². The van der Waals surface area contributed by atoms with Crippen LogP contribution in [0, 0.1) is 0 Å². The fourth-order valence-corrected chi connectivity index (χ4v) is 9.27. The average molecular weight is 674 g/mol. The number of hydrogen-bond acceptors (Lipinski definition) is 5. The van der Waals surface area contributed by atoms with Gasteiger partial charge in [0.05, 0.1) is 0 Å². The number of hydrogen-bond donors (Lipinski definition) is 0. The van der Waals surface area contributed by atoms with Crippen molar-refractivity contribution in [3.8, 4) is 56.4 Å². The Kier molecular flexibility index (Phi) is 6.86. The Morgan fingerprint density at radius 3 is 1.58 bits per heavy atom. The van der Waals surface area contributed by atoms with Crippen LogP contribution < -0.4 is 0 Å². The minimum absolute atomic E-state index is 0.662. The first-order valence-corrected chi connectivity index (χ1v) is 18.2. The lowest BCUT2D eigenvalue weighted by Crippen LogP contribution is -2.00. The molecule has 50 heavy (non-hydrogen) atoms. The Bertz CT molecular complexity index is 2860. The Labute approximate surface area is 296 Å². The van der Waals surface area contributed by atoms with E-state index >= 15 is 0 Å². The lowest BCUT2D eigenvalue weighted by molar-refractivity contribution is 1.08. The summed E-state index contributed by atoms with van der Waals surface area (Å²) in [7, 11) is 0. The summed E-state index contributed by atoms with van der Waals surface area (Å²) in [4.78, 5) is 15.5. The molecule has 0 spiro atoms. The molecule has 0 aliphatic heterocycles. The molecular weight excluding hydrogens is 647 g/mol. The van der Waals surface area contributed by atoms with Gasteiger partial charge in [-0.05, 0) is 52.6 Å². The largest absolute Gasteiger partial charge is 0.208 e. The fraction of sp³-hybridized carbons (Fsp3) is 0. The maximum Gasteiger partial charge on any atom is 0.164 e. The van der Waals surface area contributed by atoms with Gasteiger partial charge in [-0.15, -0.1) is 22.7 Å². The van der Waals surface area contributed by atoms with Crippen LogP contribution in [-0.4, -0.2) is 15.0 Å². The van der Waals surface area contributed by atoms with E-state index in [1.807, 2.05) is 40.9 Å². The van der Waals surface area contributed by atoms with Gasteiger partial charge in [-0.2, -0.15) is 0 Å². The highest BCUT2D eigenvalue weighted by Gasteiger charge is 2.19. The molecule has 5 heteroatoms. The van der Waals surface area contributed by atoms with Crippen molar-refractivity contribution in [2.75, 3.05) is 0 Å². The number of aromatic nitrogens is 3. The van der Waals surface area contributed by atoms with Crippen molar-refractivity contribution in [1.29, 1.82) is 0 Å². The Hall–Kier alpha value is -6.01. The molecule has 3 aromatic heterocycles. The van der Waals surface area contributed by atoms with E-state index < -0.39 is 0 Å². The molecule has 0 N–H and O–H groups in total. The van der Waals surface area contributed by atoms with Crippen LogP contribution in [0.1, 0.15) is 0 Å². The number of benzene rings is 7. The maximum atomic E-state index is 5.23. The third-order valence-electron chi connectivity index (χ3n) is 9.35. The van der Waals surface area contributed by atoms with Crippen LogP contribution in [0.15, 0.2) is 164 Å². The summed E-state index contributed by atoms with van der Waals surface area (Å²) in [5.74, 6) is 2.00. The van der Waals surface area contributed by atoms with Crippen LogP contribution in [0.25, 0.3) is 96.8 Å².